The second-order valence-corrected chi connectivity index (χ2v) is 8.87. The normalized spacial score (nSPS) is 10.9. The lowest BCUT2D eigenvalue weighted by Gasteiger charge is -2.08. The largest absolute Gasteiger partial charge is 0.451 e. The fourth-order valence-corrected chi connectivity index (χ4v) is 4.02. The van der Waals surface area contributed by atoms with Gasteiger partial charge >= 0.3 is 0 Å². The number of benzene rings is 3. The molecule has 8 heteroatoms. The van der Waals surface area contributed by atoms with Crippen LogP contribution < -0.4 is 10.6 Å². The molecule has 0 aliphatic rings. The predicted molar refractivity (Wildman–Crippen MR) is 142 cm³/mol. The van der Waals surface area contributed by atoms with E-state index in [9.17, 15) is 4.79 Å². The molecule has 5 aromatic rings. The van der Waals surface area contributed by atoms with Gasteiger partial charge in [-0.3, -0.25) is 10.1 Å². The van der Waals surface area contributed by atoms with Crippen LogP contribution in [0.4, 0.5) is 5.69 Å². The number of anilines is 1. The molecule has 0 aliphatic carbocycles. The van der Waals surface area contributed by atoms with Gasteiger partial charge in [-0.15, -0.1) is 0 Å². The van der Waals surface area contributed by atoms with Crippen LogP contribution in [0.2, 0.25) is 5.02 Å². The maximum Gasteiger partial charge on any atom is 0.293 e. The highest BCUT2D eigenvalue weighted by atomic mass is 35.5. The zero-order valence-corrected chi connectivity index (χ0v) is 20.5. The molecule has 35 heavy (non-hydrogen) atoms. The van der Waals surface area contributed by atoms with Crippen molar-refractivity contribution < 1.29 is 13.6 Å². The first-order valence-electron chi connectivity index (χ1n) is 10.8. The van der Waals surface area contributed by atoms with Crippen molar-refractivity contribution in [3.8, 4) is 22.8 Å². The van der Waals surface area contributed by atoms with Crippen molar-refractivity contribution in [2.75, 3.05) is 5.32 Å². The molecule has 174 valence electrons. The van der Waals surface area contributed by atoms with Crippen LogP contribution in [0.5, 0.6) is 0 Å². The number of fused-ring (bicyclic) bond motifs is 1. The van der Waals surface area contributed by atoms with Crippen LogP contribution >= 0.6 is 23.8 Å². The number of nitrogens with zero attached hydrogens (tertiary/aromatic N) is 1. The van der Waals surface area contributed by atoms with E-state index in [-0.39, 0.29) is 10.9 Å². The average molecular weight is 502 g/mol. The van der Waals surface area contributed by atoms with Crippen LogP contribution in [0.25, 0.3) is 33.9 Å². The van der Waals surface area contributed by atoms with Gasteiger partial charge in [-0.1, -0.05) is 35.9 Å². The van der Waals surface area contributed by atoms with Gasteiger partial charge in [-0.2, -0.15) is 0 Å². The number of carbonyl (C=O) groups is 1. The van der Waals surface area contributed by atoms with Gasteiger partial charge < -0.3 is 14.2 Å². The minimum Gasteiger partial charge on any atom is -0.451 e. The molecule has 0 spiro atoms. The Morgan fingerprint density at radius 3 is 2.57 bits per heavy atom. The van der Waals surface area contributed by atoms with Crippen LogP contribution in [0.15, 0.2) is 81.6 Å². The highest BCUT2D eigenvalue weighted by Crippen LogP contribution is 2.30. The second kappa shape index (κ2) is 9.37. The van der Waals surface area contributed by atoms with E-state index >= 15 is 0 Å². The SMILES string of the molecule is Cc1ccc(-c2ccc(C(=O)NC(=S)Nc3ccc4oc(-c5ccccc5Cl)nc4c3)o2)cc1C. The van der Waals surface area contributed by atoms with Crippen molar-refractivity contribution in [3.63, 3.8) is 0 Å². The number of aryl methyl sites for hydroxylation is 2. The summed E-state index contributed by atoms with van der Waals surface area (Å²) in [6, 6.07) is 22.1. The van der Waals surface area contributed by atoms with E-state index in [2.05, 4.69) is 15.6 Å². The first-order chi connectivity index (χ1) is 16.9. The van der Waals surface area contributed by atoms with Gasteiger partial charge in [0, 0.05) is 11.3 Å². The molecule has 0 saturated carbocycles. The summed E-state index contributed by atoms with van der Waals surface area (Å²) in [5.41, 5.74) is 5.85. The van der Waals surface area contributed by atoms with Gasteiger partial charge in [0.05, 0.1) is 10.6 Å². The highest BCUT2D eigenvalue weighted by Gasteiger charge is 2.15. The second-order valence-electron chi connectivity index (χ2n) is 8.05. The van der Waals surface area contributed by atoms with Gasteiger partial charge in [0.15, 0.2) is 16.5 Å². The molecule has 0 bridgehead atoms. The van der Waals surface area contributed by atoms with E-state index in [4.69, 9.17) is 32.7 Å². The summed E-state index contributed by atoms with van der Waals surface area (Å²) >= 11 is 11.6. The Hall–Kier alpha value is -3.94. The van der Waals surface area contributed by atoms with Crippen molar-refractivity contribution in [2.45, 2.75) is 13.8 Å². The number of rotatable bonds is 4. The topological polar surface area (TPSA) is 80.3 Å². The maximum atomic E-state index is 12.6. The summed E-state index contributed by atoms with van der Waals surface area (Å²) < 4.78 is 11.6. The Balaban J connectivity index is 1.27. The molecule has 3 aromatic carbocycles. The number of thiocarbonyl (C=S) groups is 1. The third kappa shape index (κ3) is 4.82. The molecule has 0 fully saturated rings. The number of nitrogens with one attached hydrogen (secondary N) is 2. The van der Waals surface area contributed by atoms with Gasteiger partial charge in [0.25, 0.3) is 5.91 Å². The molecule has 0 radical (unpaired) electrons. The first-order valence-corrected chi connectivity index (χ1v) is 11.6. The lowest BCUT2D eigenvalue weighted by atomic mass is 10.1. The fraction of sp³-hybridized carbons (Fsp3) is 0.0741. The minimum absolute atomic E-state index is 0.133. The Morgan fingerprint density at radius 1 is 0.943 bits per heavy atom. The third-order valence-electron chi connectivity index (χ3n) is 5.60. The zero-order chi connectivity index (χ0) is 24.5. The summed E-state index contributed by atoms with van der Waals surface area (Å²) in [6.07, 6.45) is 0. The molecule has 0 saturated heterocycles. The van der Waals surface area contributed by atoms with E-state index in [1.54, 1.807) is 36.4 Å². The summed E-state index contributed by atoms with van der Waals surface area (Å²) in [5.74, 6) is 0.763. The molecule has 2 aromatic heterocycles. The van der Waals surface area contributed by atoms with Crippen LogP contribution in [0.1, 0.15) is 21.7 Å². The summed E-state index contributed by atoms with van der Waals surface area (Å²) in [4.78, 5) is 17.2. The Morgan fingerprint density at radius 2 is 1.77 bits per heavy atom. The van der Waals surface area contributed by atoms with E-state index < -0.39 is 5.91 Å². The number of amides is 1. The monoisotopic (exact) mass is 501 g/mol. The standard InChI is InChI=1S/C27H20ClN3O3S/c1-15-7-8-17(13-16(15)2)22-11-12-24(33-22)25(32)31-27(35)29-18-9-10-23-21(14-18)30-26(34-23)19-5-3-4-6-20(19)28/h3-14H,1-2H3,(H2,29,31,32,35). The number of oxazole rings is 1. The quantitative estimate of drug-likeness (QED) is 0.254. The van der Waals surface area contributed by atoms with Crippen molar-refractivity contribution in [2.24, 2.45) is 0 Å². The Bertz CT molecular complexity index is 1590. The van der Waals surface area contributed by atoms with Crippen LogP contribution in [0, 0.1) is 13.8 Å². The molecule has 1 amide bonds. The van der Waals surface area contributed by atoms with Gasteiger partial charge in [-0.05, 0) is 85.7 Å². The molecule has 2 heterocycles. The lowest BCUT2D eigenvalue weighted by molar-refractivity contribution is 0.0951. The van der Waals surface area contributed by atoms with E-state index in [1.807, 2.05) is 50.2 Å². The van der Waals surface area contributed by atoms with E-state index in [1.165, 1.54) is 5.56 Å². The van der Waals surface area contributed by atoms with Crippen molar-refractivity contribution in [3.05, 3.63) is 94.7 Å². The molecule has 5 rings (SSSR count). The van der Waals surface area contributed by atoms with E-state index in [0.29, 0.717) is 39.0 Å². The van der Waals surface area contributed by atoms with Gasteiger partial charge in [0.2, 0.25) is 5.89 Å². The number of hydrogen-bond donors (Lipinski definition) is 2. The van der Waals surface area contributed by atoms with Gasteiger partial charge in [0.1, 0.15) is 11.3 Å². The number of carbonyl (C=O) groups excluding carboxylic acids is 1. The summed E-state index contributed by atoms with van der Waals surface area (Å²) in [5, 5.41) is 6.33. The van der Waals surface area contributed by atoms with Crippen molar-refractivity contribution >= 4 is 51.6 Å². The molecule has 6 nitrogen and oxygen atoms in total. The molecular formula is C27H20ClN3O3S. The third-order valence-corrected chi connectivity index (χ3v) is 6.13. The van der Waals surface area contributed by atoms with Crippen molar-refractivity contribution in [1.82, 2.24) is 10.3 Å². The van der Waals surface area contributed by atoms with Crippen LogP contribution in [-0.2, 0) is 0 Å². The molecule has 0 unspecified atom stereocenters. The summed E-state index contributed by atoms with van der Waals surface area (Å²) in [7, 11) is 0. The fourth-order valence-electron chi connectivity index (χ4n) is 3.59. The zero-order valence-electron chi connectivity index (χ0n) is 18.9. The first kappa shape index (κ1) is 22.8. The van der Waals surface area contributed by atoms with Crippen LogP contribution in [0.3, 0.4) is 0 Å². The highest BCUT2D eigenvalue weighted by molar-refractivity contribution is 7.80. The number of halogens is 1. The molecule has 2 N–H and O–H groups in total. The average Bonchev–Trinajstić information content (AvgIpc) is 3.48. The summed E-state index contributed by atoms with van der Waals surface area (Å²) in [6.45, 7) is 4.08. The Kier molecular flexibility index (Phi) is 6.11. The number of aromatic nitrogens is 1. The molecule has 0 atom stereocenters. The molecular weight excluding hydrogens is 482 g/mol. The van der Waals surface area contributed by atoms with Crippen LogP contribution in [-0.4, -0.2) is 16.0 Å². The smallest absolute Gasteiger partial charge is 0.293 e. The number of hydrogen-bond acceptors (Lipinski definition) is 5. The minimum atomic E-state index is -0.443. The van der Waals surface area contributed by atoms with Crippen molar-refractivity contribution in [1.29, 1.82) is 0 Å². The van der Waals surface area contributed by atoms with Gasteiger partial charge in [-0.25, -0.2) is 4.98 Å². The van der Waals surface area contributed by atoms with E-state index in [0.717, 1.165) is 11.1 Å². The lowest BCUT2D eigenvalue weighted by Crippen LogP contribution is -2.33. The predicted octanol–water partition coefficient (Wildman–Crippen LogP) is 7.15. The molecule has 0 aliphatic heterocycles. The number of furan rings is 1. The Labute approximate surface area is 211 Å². The maximum absolute atomic E-state index is 12.6.